The number of ether oxygens (including phenoxy) is 1. The van der Waals surface area contributed by atoms with Crippen molar-refractivity contribution in [2.45, 2.75) is 25.9 Å². The number of rotatable bonds is 2. The highest BCUT2D eigenvalue weighted by Gasteiger charge is 2.30. The van der Waals surface area contributed by atoms with Crippen LogP contribution in [-0.4, -0.2) is 10.2 Å². The maximum atomic E-state index is 9.58. The largest absolute Gasteiger partial charge is 0.508 e. The van der Waals surface area contributed by atoms with Crippen molar-refractivity contribution < 1.29 is 14.9 Å². The molecule has 1 aliphatic heterocycles. The predicted molar refractivity (Wildman–Crippen MR) is 77.1 cm³/mol. The third kappa shape index (κ3) is 2.31. The second-order valence-corrected chi connectivity index (χ2v) is 5.29. The minimum Gasteiger partial charge on any atom is -0.508 e. The maximum Gasteiger partial charge on any atom is 0.127 e. The molecule has 1 aliphatic rings. The number of aromatic hydroxyl groups is 2. The molecule has 0 bridgehead atoms. The topological polar surface area (TPSA) is 49.7 Å². The summed E-state index contributed by atoms with van der Waals surface area (Å²) in [5, 5.41) is 19.0. The van der Waals surface area contributed by atoms with Crippen LogP contribution in [0.25, 0.3) is 0 Å². The highest BCUT2D eigenvalue weighted by atomic mass is 16.5. The molecule has 0 spiro atoms. The monoisotopic (exact) mass is 270 g/mol. The van der Waals surface area contributed by atoms with E-state index >= 15 is 0 Å². The summed E-state index contributed by atoms with van der Waals surface area (Å²) in [6.45, 7) is 2.15. The van der Waals surface area contributed by atoms with Crippen LogP contribution in [0.2, 0.25) is 0 Å². The quantitative estimate of drug-likeness (QED) is 0.872. The number of hydrogen-bond acceptors (Lipinski definition) is 3. The van der Waals surface area contributed by atoms with Crippen molar-refractivity contribution >= 4 is 0 Å². The van der Waals surface area contributed by atoms with Crippen molar-refractivity contribution in [2.24, 2.45) is 5.92 Å². The Morgan fingerprint density at radius 1 is 1.05 bits per heavy atom. The molecule has 2 aromatic rings. The summed E-state index contributed by atoms with van der Waals surface area (Å²) < 4.78 is 6.12. The second-order valence-electron chi connectivity index (χ2n) is 5.29. The molecule has 1 unspecified atom stereocenters. The molecule has 104 valence electrons. The van der Waals surface area contributed by atoms with E-state index in [1.807, 2.05) is 18.2 Å². The fourth-order valence-electron chi connectivity index (χ4n) is 2.83. The third-order valence-electron chi connectivity index (χ3n) is 3.95. The number of hydrogen-bond donors (Lipinski definition) is 2. The first-order chi connectivity index (χ1) is 9.67. The van der Waals surface area contributed by atoms with Crippen LogP contribution >= 0.6 is 0 Å². The van der Waals surface area contributed by atoms with E-state index in [1.54, 1.807) is 24.3 Å². The highest BCUT2D eigenvalue weighted by Crippen LogP contribution is 2.41. The zero-order chi connectivity index (χ0) is 14.1. The molecule has 3 heteroatoms. The number of benzene rings is 2. The number of phenols is 2. The van der Waals surface area contributed by atoms with Gasteiger partial charge in [-0.15, -0.1) is 0 Å². The van der Waals surface area contributed by atoms with Crippen LogP contribution in [0.15, 0.2) is 42.5 Å². The van der Waals surface area contributed by atoms with Gasteiger partial charge in [0, 0.05) is 5.92 Å². The molecule has 0 aromatic heterocycles. The Bertz CT molecular complexity index is 604. The molecule has 0 amide bonds. The van der Waals surface area contributed by atoms with Gasteiger partial charge < -0.3 is 14.9 Å². The van der Waals surface area contributed by atoms with E-state index in [0.29, 0.717) is 5.92 Å². The van der Waals surface area contributed by atoms with Gasteiger partial charge in [-0.05, 0) is 54.3 Å². The van der Waals surface area contributed by atoms with Crippen LogP contribution in [0.4, 0.5) is 0 Å². The zero-order valence-corrected chi connectivity index (χ0v) is 11.4. The van der Waals surface area contributed by atoms with Gasteiger partial charge in [-0.25, -0.2) is 0 Å². The van der Waals surface area contributed by atoms with Gasteiger partial charge in [0.05, 0.1) is 0 Å². The molecule has 3 nitrogen and oxygen atoms in total. The van der Waals surface area contributed by atoms with E-state index < -0.39 is 0 Å². The summed E-state index contributed by atoms with van der Waals surface area (Å²) in [5.41, 5.74) is 2.14. The summed E-state index contributed by atoms with van der Waals surface area (Å²) in [6.07, 6.45) is 1.89. The SMILES string of the molecule is CCC1Cc2cc(O)ccc2O[C@@H]1c1ccc(O)cc1. The molecule has 2 N–H and O–H groups in total. The number of phenolic OH excluding ortho intramolecular Hbond substituents is 2. The van der Waals surface area contributed by atoms with Crippen molar-refractivity contribution in [3.63, 3.8) is 0 Å². The molecule has 0 saturated carbocycles. The van der Waals surface area contributed by atoms with Gasteiger partial charge in [0.1, 0.15) is 23.4 Å². The van der Waals surface area contributed by atoms with Gasteiger partial charge in [0.2, 0.25) is 0 Å². The lowest BCUT2D eigenvalue weighted by atomic mass is 9.85. The molecule has 0 radical (unpaired) electrons. The van der Waals surface area contributed by atoms with Crippen LogP contribution in [0.3, 0.4) is 0 Å². The first kappa shape index (κ1) is 12.9. The lowest BCUT2D eigenvalue weighted by Crippen LogP contribution is -2.25. The number of fused-ring (bicyclic) bond motifs is 1. The van der Waals surface area contributed by atoms with Crippen LogP contribution in [0.1, 0.15) is 30.6 Å². The van der Waals surface area contributed by atoms with E-state index in [0.717, 1.165) is 29.7 Å². The van der Waals surface area contributed by atoms with Gasteiger partial charge >= 0.3 is 0 Å². The standard InChI is InChI=1S/C17H18O3/c1-2-11-9-13-10-15(19)7-8-16(13)20-17(11)12-3-5-14(18)6-4-12/h3-8,10-11,17-19H,2,9H2,1H3/t11?,17-/m0/s1. The van der Waals surface area contributed by atoms with Crippen LogP contribution in [0, 0.1) is 5.92 Å². The highest BCUT2D eigenvalue weighted by molar-refractivity contribution is 5.42. The third-order valence-corrected chi connectivity index (χ3v) is 3.95. The normalized spacial score (nSPS) is 21.1. The second kappa shape index (κ2) is 5.08. The Morgan fingerprint density at radius 3 is 2.45 bits per heavy atom. The van der Waals surface area contributed by atoms with Crippen molar-refractivity contribution in [2.75, 3.05) is 0 Å². The Hall–Kier alpha value is -2.16. The van der Waals surface area contributed by atoms with Crippen molar-refractivity contribution in [3.05, 3.63) is 53.6 Å². The summed E-state index contributed by atoms with van der Waals surface area (Å²) >= 11 is 0. The fraction of sp³-hybridized carbons (Fsp3) is 0.294. The Balaban J connectivity index is 1.95. The van der Waals surface area contributed by atoms with Gasteiger partial charge in [0.25, 0.3) is 0 Å². The van der Waals surface area contributed by atoms with Crippen molar-refractivity contribution in [1.29, 1.82) is 0 Å². The summed E-state index contributed by atoms with van der Waals surface area (Å²) in [5.74, 6) is 1.76. The molecule has 2 aromatic carbocycles. The van der Waals surface area contributed by atoms with Crippen LogP contribution in [-0.2, 0) is 6.42 Å². The van der Waals surface area contributed by atoms with E-state index in [9.17, 15) is 10.2 Å². The average Bonchev–Trinajstić information content (AvgIpc) is 2.46. The molecule has 0 fully saturated rings. The average molecular weight is 270 g/mol. The van der Waals surface area contributed by atoms with E-state index in [-0.39, 0.29) is 17.6 Å². The predicted octanol–water partition coefficient (Wildman–Crippen LogP) is 3.80. The fourth-order valence-corrected chi connectivity index (χ4v) is 2.83. The van der Waals surface area contributed by atoms with Crippen molar-refractivity contribution in [3.8, 4) is 17.2 Å². The molecule has 3 rings (SSSR count). The lowest BCUT2D eigenvalue weighted by molar-refractivity contribution is 0.110. The molecular weight excluding hydrogens is 252 g/mol. The smallest absolute Gasteiger partial charge is 0.127 e. The maximum absolute atomic E-state index is 9.58. The Kier molecular flexibility index (Phi) is 3.26. The van der Waals surface area contributed by atoms with Crippen LogP contribution < -0.4 is 4.74 Å². The Morgan fingerprint density at radius 2 is 1.75 bits per heavy atom. The van der Waals surface area contributed by atoms with Crippen LogP contribution in [0.5, 0.6) is 17.2 Å². The van der Waals surface area contributed by atoms with E-state index in [4.69, 9.17) is 4.74 Å². The molecule has 1 heterocycles. The summed E-state index contributed by atoms with van der Waals surface area (Å²) in [6, 6.07) is 12.5. The van der Waals surface area contributed by atoms with Gasteiger partial charge in [-0.3, -0.25) is 0 Å². The molecule has 0 aliphatic carbocycles. The minimum absolute atomic E-state index is 0.00218. The van der Waals surface area contributed by atoms with Crippen molar-refractivity contribution in [1.82, 2.24) is 0 Å². The Labute approximate surface area is 118 Å². The van der Waals surface area contributed by atoms with Gasteiger partial charge in [-0.1, -0.05) is 19.1 Å². The van der Waals surface area contributed by atoms with Gasteiger partial charge in [-0.2, -0.15) is 0 Å². The molecule has 20 heavy (non-hydrogen) atoms. The molecule has 2 atom stereocenters. The lowest BCUT2D eigenvalue weighted by Gasteiger charge is -2.33. The zero-order valence-electron chi connectivity index (χ0n) is 11.4. The summed E-state index contributed by atoms with van der Waals surface area (Å²) in [7, 11) is 0. The minimum atomic E-state index is -0.00218. The summed E-state index contributed by atoms with van der Waals surface area (Å²) in [4.78, 5) is 0. The first-order valence-electron chi connectivity index (χ1n) is 6.95. The molecule has 0 saturated heterocycles. The van der Waals surface area contributed by atoms with Gasteiger partial charge in [0.15, 0.2) is 0 Å². The first-order valence-corrected chi connectivity index (χ1v) is 6.95. The van der Waals surface area contributed by atoms with E-state index in [1.165, 1.54) is 0 Å². The molecular formula is C17H18O3. The van der Waals surface area contributed by atoms with E-state index in [2.05, 4.69) is 6.92 Å².